The number of benzene rings is 1. The first-order chi connectivity index (χ1) is 13.6. The molecule has 7 nitrogen and oxygen atoms in total. The van der Waals surface area contributed by atoms with Crippen LogP contribution < -0.4 is 15.4 Å². The quantitative estimate of drug-likeness (QED) is 0.626. The molecule has 4 bridgehead atoms. The first kappa shape index (κ1) is 17.0. The molecule has 2 aliphatic rings. The van der Waals surface area contributed by atoms with Crippen LogP contribution in [0.25, 0.3) is 5.65 Å². The summed E-state index contributed by atoms with van der Waals surface area (Å²) in [5.74, 6) is 0.736. The molecule has 1 aromatic carbocycles. The van der Waals surface area contributed by atoms with Crippen molar-refractivity contribution in [2.45, 2.75) is 44.4 Å². The van der Waals surface area contributed by atoms with Gasteiger partial charge in [0.2, 0.25) is 0 Å². The van der Waals surface area contributed by atoms with Crippen LogP contribution in [0.3, 0.4) is 0 Å². The third-order valence-corrected chi connectivity index (χ3v) is 5.43. The van der Waals surface area contributed by atoms with Crippen LogP contribution in [0.2, 0.25) is 0 Å². The highest BCUT2D eigenvalue weighted by Gasteiger charge is 2.30. The van der Waals surface area contributed by atoms with Gasteiger partial charge < -0.3 is 15.4 Å². The number of ether oxygens (including phenoxy) is 1. The van der Waals surface area contributed by atoms with Gasteiger partial charge in [0.25, 0.3) is 5.91 Å². The number of aromatic nitrogens is 3. The van der Waals surface area contributed by atoms with Crippen molar-refractivity contribution in [2.24, 2.45) is 0 Å². The molecule has 0 radical (unpaired) electrons. The first-order valence-electron chi connectivity index (χ1n) is 9.45. The molecule has 1 saturated carbocycles. The Hall–Kier alpha value is -3.16. The lowest BCUT2D eigenvalue weighted by molar-refractivity contribution is 0.0936. The van der Waals surface area contributed by atoms with Gasteiger partial charge in [0.05, 0.1) is 12.2 Å². The number of carbonyl (C=O) groups is 1. The lowest BCUT2D eigenvalue weighted by Gasteiger charge is -2.22. The van der Waals surface area contributed by atoms with Crippen molar-refractivity contribution in [1.29, 1.82) is 0 Å². The fourth-order valence-electron chi connectivity index (χ4n) is 3.99. The molecule has 1 amide bonds. The minimum absolute atomic E-state index is 0.0206. The van der Waals surface area contributed by atoms with Crippen LogP contribution in [0.1, 0.15) is 48.1 Å². The Morgan fingerprint density at radius 2 is 2.14 bits per heavy atom. The molecule has 1 fully saturated rings. The third kappa shape index (κ3) is 2.94. The average molecular weight is 381 g/mol. The lowest BCUT2D eigenvalue weighted by Crippen LogP contribution is -2.33. The summed E-state index contributed by atoms with van der Waals surface area (Å²) >= 11 is 0. The predicted octanol–water partition coefficient (Wildman–Crippen LogP) is 3.08. The molecule has 0 unspecified atom stereocenters. The smallest absolute Gasteiger partial charge is 0.256 e. The van der Waals surface area contributed by atoms with E-state index in [1.54, 1.807) is 22.8 Å². The zero-order valence-electron chi connectivity index (χ0n) is 15.4. The minimum Gasteiger partial charge on any atom is -0.490 e. The van der Waals surface area contributed by atoms with E-state index in [1.807, 2.05) is 6.92 Å². The normalized spacial score (nSPS) is 24.2. The van der Waals surface area contributed by atoms with Crippen molar-refractivity contribution in [3.05, 3.63) is 53.6 Å². The fraction of sp³-hybridized carbons (Fsp3) is 0.350. The summed E-state index contributed by atoms with van der Waals surface area (Å²) in [5, 5.41) is 10.6. The second kappa shape index (κ2) is 6.47. The molecule has 2 aromatic heterocycles. The lowest BCUT2D eigenvalue weighted by atomic mass is 10.1. The largest absolute Gasteiger partial charge is 0.490 e. The minimum atomic E-state index is -0.310. The van der Waals surface area contributed by atoms with Gasteiger partial charge in [-0.2, -0.15) is 5.10 Å². The van der Waals surface area contributed by atoms with E-state index >= 15 is 0 Å². The molecule has 8 heteroatoms. The fourth-order valence-corrected chi connectivity index (χ4v) is 3.99. The summed E-state index contributed by atoms with van der Waals surface area (Å²) in [4.78, 5) is 17.3. The van der Waals surface area contributed by atoms with E-state index in [1.165, 1.54) is 18.3 Å². The number of rotatable bonds is 0. The summed E-state index contributed by atoms with van der Waals surface area (Å²) in [7, 11) is 0. The number of nitrogens with one attached hydrogen (secondary N) is 2. The monoisotopic (exact) mass is 381 g/mol. The Balaban J connectivity index is 1.61. The van der Waals surface area contributed by atoms with E-state index in [-0.39, 0.29) is 29.9 Å². The van der Waals surface area contributed by atoms with Crippen LogP contribution in [0.4, 0.5) is 10.2 Å². The Kier molecular flexibility index (Phi) is 3.92. The maximum absolute atomic E-state index is 13.9. The molecule has 0 spiro atoms. The molecule has 144 valence electrons. The maximum atomic E-state index is 13.9. The number of hydrogen-bond acceptors (Lipinski definition) is 5. The zero-order valence-corrected chi connectivity index (χ0v) is 15.4. The predicted molar refractivity (Wildman–Crippen MR) is 101 cm³/mol. The van der Waals surface area contributed by atoms with Crippen molar-refractivity contribution in [3.8, 4) is 5.75 Å². The molecular formula is C20H20FN5O2. The van der Waals surface area contributed by atoms with Crippen LogP contribution in [0.15, 0.2) is 36.7 Å². The average Bonchev–Trinajstić information content (AvgIpc) is 3.29. The van der Waals surface area contributed by atoms with Crippen LogP contribution >= 0.6 is 0 Å². The number of hydrogen-bond donors (Lipinski definition) is 2. The molecule has 3 aromatic rings. The first-order valence-corrected chi connectivity index (χ1v) is 9.45. The number of amides is 1. The van der Waals surface area contributed by atoms with Gasteiger partial charge in [0, 0.05) is 24.2 Å². The molecule has 3 atom stereocenters. The van der Waals surface area contributed by atoms with E-state index < -0.39 is 0 Å². The number of halogens is 1. The highest BCUT2D eigenvalue weighted by molar-refractivity contribution is 5.99. The molecule has 5 rings (SSSR count). The van der Waals surface area contributed by atoms with Gasteiger partial charge in [-0.15, -0.1) is 0 Å². The molecular weight excluding hydrogens is 361 g/mol. The van der Waals surface area contributed by atoms with Crippen LogP contribution in [0.5, 0.6) is 5.75 Å². The van der Waals surface area contributed by atoms with E-state index in [0.29, 0.717) is 29.2 Å². The Labute approximate surface area is 160 Å². The van der Waals surface area contributed by atoms with E-state index in [0.717, 1.165) is 18.4 Å². The van der Waals surface area contributed by atoms with Gasteiger partial charge in [-0.3, -0.25) is 4.79 Å². The third-order valence-electron chi connectivity index (χ3n) is 5.43. The van der Waals surface area contributed by atoms with Gasteiger partial charge in [-0.1, -0.05) is 0 Å². The summed E-state index contributed by atoms with van der Waals surface area (Å²) in [5.41, 5.74) is 1.65. The summed E-state index contributed by atoms with van der Waals surface area (Å²) < 4.78 is 21.7. The molecule has 3 heterocycles. The van der Waals surface area contributed by atoms with E-state index in [4.69, 9.17) is 4.74 Å². The van der Waals surface area contributed by atoms with Gasteiger partial charge >= 0.3 is 0 Å². The number of carbonyl (C=O) groups excluding carboxylic acids is 1. The Bertz CT molecular complexity index is 1070. The number of nitrogens with zero attached hydrogens (tertiary/aromatic N) is 3. The van der Waals surface area contributed by atoms with Crippen molar-refractivity contribution < 1.29 is 13.9 Å². The van der Waals surface area contributed by atoms with Crippen LogP contribution in [0, 0.1) is 5.82 Å². The van der Waals surface area contributed by atoms with Gasteiger partial charge in [-0.25, -0.2) is 13.9 Å². The van der Waals surface area contributed by atoms with Crippen molar-refractivity contribution in [3.63, 3.8) is 0 Å². The Morgan fingerprint density at radius 1 is 1.25 bits per heavy atom. The molecule has 2 N–H and O–H groups in total. The van der Waals surface area contributed by atoms with Crippen molar-refractivity contribution in [1.82, 2.24) is 19.9 Å². The van der Waals surface area contributed by atoms with Crippen LogP contribution in [-0.4, -0.2) is 32.7 Å². The van der Waals surface area contributed by atoms with E-state index in [2.05, 4.69) is 20.7 Å². The molecule has 28 heavy (non-hydrogen) atoms. The highest BCUT2D eigenvalue weighted by Crippen LogP contribution is 2.32. The number of fused-ring (bicyclic) bond motifs is 4. The van der Waals surface area contributed by atoms with Gasteiger partial charge in [-0.05, 0) is 44.0 Å². The summed E-state index contributed by atoms with van der Waals surface area (Å²) in [6.07, 6.45) is 5.63. The Morgan fingerprint density at radius 3 is 3.04 bits per heavy atom. The zero-order chi connectivity index (χ0) is 19.3. The van der Waals surface area contributed by atoms with Crippen LogP contribution in [-0.2, 0) is 0 Å². The molecule has 1 aliphatic heterocycles. The maximum Gasteiger partial charge on any atom is 0.256 e. The van der Waals surface area contributed by atoms with Gasteiger partial charge in [0.1, 0.15) is 29.1 Å². The van der Waals surface area contributed by atoms with Crippen molar-refractivity contribution in [2.75, 3.05) is 5.32 Å². The SMILES string of the molecule is C[C@H]1Nc2ccn3ncc(c3n2)C(=O)N[C@@H]2CC[C@@H](C2)Oc2ccc(F)cc21. The second-order valence-electron chi connectivity index (χ2n) is 7.41. The van der Waals surface area contributed by atoms with Crippen molar-refractivity contribution >= 4 is 17.4 Å². The summed E-state index contributed by atoms with van der Waals surface area (Å²) in [6.45, 7) is 1.93. The van der Waals surface area contributed by atoms with Gasteiger partial charge in [0.15, 0.2) is 5.65 Å². The standard InChI is InChI=1S/C20H20FN5O2/c1-11-15-8-12(21)2-5-17(15)28-14-4-3-13(9-14)24-20(27)16-10-22-26-7-6-18(23-11)25-19(16)26/h2,5-8,10-11,13-14H,3-4,9H2,1H3,(H,23,25)(H,24,27)/t11-,13-,14+/m1/s1. The molecule has 0 saturated heterocycles. The summed E-state index contributed by atoms with van der Waals surface area (Å²) in [6, 6.07) is 6.14. The highest BCUT2D eigenvalue weighted by atomic mass is 19.1. The molecule has 1 aliphatic carbocycles. The topological polar surface area (TPSA) is 80.5 Å². The number of anilines is 1. The second-order valence-corrected chi connectivity index (χ2v) is 7.41. The van der Waals surface area contributed by atoms with E-state index in [9.17, 15) is 9.18 Å².